The Hall–Kier alpha value is -2.78. The lowest BCUT2D eigenvalue weighted by atomic mass is 10.0. The number of nitrogens with zero attached hydrogens (tertiary/aromatic N) is 1. The molecule has 1 heterocycles. The number of sulfonamides is 1. The summed E-state index contributed by atoms with van der Waals surface area (Å²) < 4.78 is 40.2. The maximum Gasteiger partial charge on any atom is 0.251 e. The summed E-state index contributed by atoms with van der Waals surface area (Å²) >= 11 is 0. The maximum absolute atomic E-state index is 13.2. The van der Waals surface area contributed by atoms with Crippen molar-refractivity contribution in [3.63, 3.8) is 0 Å². The molecule has 1 fully saturated rings. The van der Waals surface area contributed by atoms with E-state index in [1.54, 1.807) is 12.1 Å². The van der Waals surface area contributed by atoms with Gasteiger partial charge >= 0.3 is 0 Å². The number of rotatable bonds is 8. The standard InChI is InChI=1S/C23H28FN3O4S/c1-17-9-13-27(14-10-17)32(30,31)21-7-5-19(6-8-21)23(29)26-12-11-25-22(28)16-18-3-2-4-20(24)15-18/h2-8,15,17H,9-14,16H2,1H3,(H,25,28)(H,26,29). The predicted octanol–water partition coefficient (Wildman–Crippen LogP) is 2.34. The van der Waals surface area contributed by atoms with E-state index in [1.807, 2.05) is 0 Å². The molecule has 0 atom stereocenters. The fraction of sp³-hybridized carbons (Fsp3) is 0.391. The van der Waals surface area contributed by atoms with Crippen molar-refractivity contribution < 1.29 is 22.4 Å². The molecule has 2 aromatic carbocycles. The van der Waals surface area contributed by atoms with Crippen LogP contribution >= 0.6 is 0 Å². The molecule has 0 radical (unpaired) electrons. The Morgan fingerprint density at radius 1 is 1.03 bits per heavy atom. The average molecular weight is 462 g/mol. The molecule has 2 amide bonds. The smallest absolute Gasteiger partial charge is 0.251 e. The minimum absolute atomic E-state index is 0.0531. The third kappa shape index (κ3) is 6.37. The molecule has 0 bridgehead atoms. The number of hydrogen-bond donors (Lipinski definition) is 2. The van der Waals surface area contributed by atoms with Gasteiger partial charge in [-0.25, -0.2) is 12.8 Å². The molecule has 1 saturated heterocycles. The average Bonchev–Trinajstić information content (AvgIpc) is 2.77. The van der Waals surface area contributed by atoms with E-state index in [-0.39, 0.29) is 36.2 Å². The first-order valence-corrected chi connectivity index (χ1v) is 12.1. The Bertz CT molecular complexity index is 1050. The topological polar surface area (TPSA) is 95.6 Å². The molecule has 1 aliphatic heterocycles. The molecule has 7 nitrogen and oxygen atoms in total. The fourth-order valence-electron chi connectivity index (χ4n) is 3.53. The van der Waals surface area contributed by atoms with Crippen LogP contribution in [-0.4, -0.2) is 50.7 Å². The molecule has 3 rings (SSSR count). The number of hydrogen-bond acceptors (Lipinski definition) is 4. The van der Waals surface area contributed by atoms with Gasteiger partial charge < -0.3 is 10.6 Å². The maximum atomic E-state index is 13.2. The Morgan fingerprint density at radius 2 is 1.69 bits per heavy atom. The minimum atomic E-state index is -3.56. The summed E-state index contributed by atoms with van der Waals surface area (Å²) in [4.78, 5) is 24.4. The second-order valence-corrected chi connectivity index (χ2v) is 9.96. The Morgan fingerprint density at radius 3 is 2.34 bits per heavy atom. The van der Waals surface area contributed by atoms with Gasteiger partial charge in [0.25, 0.3) is 5.91 Å². The highest BCUT2D eigenvalue weighted by molar-refractivity contribution is 7.89. The molecule has 172 valence electrons. The molecule has 9 heteroatoms. The van der Waals surface area contributed by atoms with Gasteiger partial charge in [0, 0.05) is 31.7 Å². The van der Waals surface area contributed by atoms with E-state index in [1.165, 1.54) is 40.7 Å². The molecule has 0 aromatic heterocycles. The van der Waals surface area contributed by atoms with E-state index >= 15 is 0 Å². The molecule has 0 aliphatic carbocycles. The lowest BCUT2D eigenvalue weighted by molar-refractivity contribution is -0.120. The van der Waals surface area contributed by atoms with Crippen LogP contribution in [0.1, 0.15) is 35.7 Å². The van der Waals surface area contributed by atoms with Crippen LogP contribution in [0.5, 0.6) is 0 Å². The molecular formula is C23H28FN3O4S. The first kappa shape index (κ1) is 23.9. The van der Waals surface area contributed by atoms with E-state index in [9.17, 15) is 22.4 Å². The highest BCUT2D eigenvalue weighted by Gasteiger charge is 2.28. The third-order valence-electron chi connectivity index (χ3n) is 5.48. The van der Waals surface area contributed by atoms with Crippen molar-refractivity contribution in [3.8, 4) is 0 Å². The van der Waals surface area contributed by atoms with Crippen LogP contribution in [0.25, 0.3) is 0 Å². The van der Waals surface area contributed by atoms with Crippen LogP contribution < -0.4 is 10.6 Å². The van der Waals surface area contributed by atoms with Crippen LogP contribution in [0.2, 0.25) is 0 Å². The molecule has 2 N–H and O–H groups in total. The Labute approximate surface area is 188 Å². The zero-order valence-electron chi connectivity index (χ0n) is 18.0. The van der Waals surface area contributed by atoms with Crippen LogP contribution in [0.4, 0.5) is 4.39 Å². The minimum Gasteiger partial charge on any atom is -0.354 e. The van der Waals surface area contributed by atoms with Gasteiger partial charge in [-0.05, 0) is 60.7 Å². The molecule has 0 saturated carbocycles. The van der Waals surface area contributed by atoms with Crippen molar-refractivity contribution in [1.82, 2.24) is 14.9 Å². The third-order valence-corrected chi connectivity index (χ3v) is 7.40. The van der Waals surface area contributed by atoms with Crippen molar-refractivity contribution in [3.05, 3.63) is 65.5 Å². The van der Waals surface area contributed by atoms with Crippen molar-refractivity contribution in [2.24, 2.45) is 5.92 Å². The number of piperidine rings is 1. The van der Waals surface area contributed by atoms with E-state index in [0.29, 0.717) is 30.1 Å². The van der Waals surface area contributed by atoms with Crippen LogP contribution in [0, 0.1) is 11.7 Å². The molecular weight excluding hydrogens is 433 g/mol. The normalized spacial score (nSPS) is 15.3. The zero-order valence-corrected chi connectivity index (χ0v) is 18.8. The molecule has 2 aromatic rings. The van der Waals surface area contributed by atoms with Crippen molar-refractivity contribution in [2.75, 3.05) is 26.2 Å². The summed E-state index contributed by atoms with van der Waals surface area (Å²) in [6.45, 7) is 3.57. The fourth-order valence-corrected chi connectivity index (χ4v) is 5.00. The molecule has 32 heavy (non-hydrogen) atoms. The molecule has 0 unspecified atom stereocenters. The molecule has 0 spiro atoms. The van der Waals surface area contributed by atoms with Gasteiger partial charge in [0.15, 0.2) is 0 Å². The van der Waals surface area contributed by atoms with Gasteiger partial charge in [0.05, 0.1) is 11.3 Å². The SMILES string of the molecule is CC1CCN(S(=O)(=O)c2ccc(C(=O)NCCNC(=O)Cc3cccc(F)c3)cc2)CC1. The van der Waals surface area contributed by atoms with Gasteiger partial charge in [-0.1, -0.05) is 19.1 Å². The Kier molecular flexibility index (Phi) is 7.98. The molecule has 1 aliphatic rings. The van der Waals surface area contributed by atoms with Gasteiger partial charge in [0.1, 0.15) is 5.82 Å². The van der Waals surface area contributed by atoms with Crippen molar-refractivity contribution in [2.45, 2.75) is 31.1 Å². The van der Waals surface area contributed by atoms with Gasteiger partial charge in [0.2, 0.25) is 15.9 Å². The van der Waals surface area contributed by atoms with Gasteiger partial charge in [-0.2, -0.15) is 4.31 Å². The number of carbonyl (C=O) groups excluding carboxylic acids is 2. The first-order valence-electron chi connectivity index (χ1n) is 10.7. The summed E-state index contributed by atoms with van der Waals surface area (Å²) in [7, 11) is -3.56. The lowest BCUT2D eigenvalue weighted by Crippen LogP contribution is -2.38. The highest BCUT2D eigenvalue weighted by Crippen LogP contribution is 2.23. The Balaban J connectivity index is 1.45. The first-order chi connectivity index (χ1) is 15.3. The second-order valence-electron chi connectivity index (χ2n) is 8.02. The van der Waals surface area contributed by atoms with Crippen LogP contribution in [0.15, 0.2) is 53.4 Å². The number of amides is 2. The lowest BCUT2D eigenvalue weighted by Gasteiger charge is -2.29. The second kappa shape index (κ2) is 10.7. The zero-order chi connectivity index (χ0) is 23.1. The van der Waals surface area contributed by atoms with Crippen molar-refractivity contribution >= 4 is 21.8 Å². The van der Waals surface area contributed by atoms with E-state index in [0.717, 1.165) is 12.8 Å². The largest absolute Gasteiger partial charge is 0.354 e. The van der Waals surface area contributed by atoms with Gasteiger partial charge in [-0.15, -0.1) is 0 Å². The van der Waals surface area contributed by atoms with Crippen LogP contribution in [0.3, 0.4) is 0 Å². The number of halogens is 1. The van der Waals surface area contributed by atoms with E-state index in [4.69, 9.17) is 0 Å². The number of carbonyl (C=O) groups is 2. The quantitative estimate of drug-likeness (QED) is 0.590. The monoisotopic (exact) mass is 461 g/mol. The van der Waals surface area contributed by atoms with E-state index < -0.39 is 15.8 Å². The summed E-state index contributed by atoms with van der Waals surface area (Å²) in [5.41, 5.74) is 0.906. The van der Waals surface area contributed by atoms with E-state index in [2.05, 4.69) is 17.6 Å². The summed E-state index contributed by atoms with van der Waals surface area (Å²) in [6, 6.07) is 11.7. The summed E-state index contributed by atoms with van der Waals surface area (Å²) in [5, 5.41) is 5.35. The summed E-state index contributed by atoms with van der Waals surface area (Å²) in [5.74, 6) is -0.503. The van der Waals surface area contributed by atoms with Gasteiger partial charge in [-0.3, -0.25) is 9.59 Å². The number of benzene rings is 2. The summed E-state index contributed by atoms with van der Waals surface area (Å²) in [6.07, 6.45) is 1.74. The van der Waals surface area contributed by atoms with Crippen molar-refractivity contribution in [1.29, 1.82) is 0 Å². The predicted molar refractivity (Wildman–Crippen MR) is 119 cm³/mol. The van der Waals surface area contributed by atoms with Crippen LogP contribution in [-0.2, 0) is 21.2 Å². The number of nitrogens with one attached hydrogen (secondary N) is 2. The highest BCUT2D eigenvalue weighted by atomic mass is 32.2.